The van der Waals surface area contributed by atoms with Crippen LogP contribution in [0, 0.1) is 11.2 Å². The highest BCUT2D eigenvalue weighted by Crippen LogP contribution is 2.44. The number of hydrogen-bond acceptors (Lipinski definition) is 3. The lowest BCUT2D eigenvalue weighted by Gasteiger charge is -2.38. The zero-order chi connectivity index (χ0) is 21.1. The van der Waals surface area contributed by atoms with Crippen molar-refractivity contribution in [2.45, 2.75) is 33.4 Å². The molecule has 2 aromatic heterocycles. The van der Waals surface area contributed by atoms with E-state index in [2.05, 4.69) is 5.10 Å². The zero-order valence-corrected chi connectivity index (χ0v) is 16.9. The minimum atomic E-state index is -1.27. The summed E-state index contributed by atoms with van der Waals surface area (Å²) >= 11 is 6.65. The molecular weight excluding hydrogens is 397 g/mol. The molecule has 1 N–H and O–H groups in total. The summed E-state index contributed by atoms with van der Waals surface area (Å²) in [4.78, 5) is 23.9. The van der Waals surface area contributed by atoms with Crippen molar-refractivity contribution in [3.05, 3.63) is 63.2 Å². The van der Waals surface area contributed by atoms with Crippen LogP contribution < -0.4 is 5.43 Å². The molecule has 0 fully saturated rings. The van der Waals surface area contributed by atoms with E-state index in [0.29, 0.717) is 34.2 Å². The van der Waals surface area contributed by atoms with Crippen LogP contribution in [-0.4, -0.2) is 25.4 Å². The Morgan fingerprint density at radius 3 is 2.52 bits per heavy atom. The smallest absolute Gasteiger partial charge is 0.341 e. The van der Waals surface area contributed by atoms with Crippen LogP contribution in [0.5, 0.6) is 0 Å². The molecule has 3 heterocycles. The van der Waals surface area contributed by atoms with Crippen molar-refractivity contribution in [2.24, 2.45) is 5.41 Å². The fraction of sp³-hybridized carbons (Fsp3) is 0.286. The van der Waals surface area contributed by atoms with Crippen molar-refractivity contribution in [3.8, 4) is 22.6 Å². The summed E-state index contributed by atoms with van der Waals surface area (Å²) in [6.07, 6.45) is 1.39. The largest absolute Gasteiger partial charge is 0.477 e. The Kier molecular flexibility index (Phi) is 4.38. The number of aromatic nitrogens is 3. The average molecular weight is 416 g/mol. The standard InChI is InChI=1S/C21H19ClFN3O3/c1-21(2,3)16-10-26-19(14-8-15(27)13(20(28)29)9-25(14)16)17(22)18(24-26)11-4-6-12(23)7-5-11/h4-9,16H,10H2,1-3H3,(H,28,29)/t16-/m0/s1. The van der Waals surface area contributed by atoms with Crippen LogP contribution in [0.4, 0.5) is 4.39 Å². The molecule has 1 aliphatic heterocycles. The Labute approximate surface area is 171 Å². The van der Waals surface area contributed by atoms with E-state index in [9.17, 15) is 19.1 Å². The maximum atomic E-state index is 13.3. The van der Waals surface area contributed by atoms with Gasteiger partial charge >= 0.3 is 5.97 Å². The normalized spacial score (nSPS) is 15.7. The predicted octanol–water partition coefficient (Wildman–Crippen LogP) is 4.47. The van der Waals surface area contributed by atoms with E-state index >= 15 is 0 Å². The molecule has 8 heteroatoms. The highest BCUT2D eigenvalue weighted by atomic mass is 35.5. The SMILES string of the molecule is CC(C)(C)[C@@H]1Cn2nc(-c3ccc(F)cc3)c(Cl)c2-c2cc(=O)c(C(=O)O)cn21. The van der Waals surface area contributed by atoms with Crippen LogP contribution in [0.1, 0.15) is 37.2 Å². The third-order valence-corrected chi connectivity index (χ3v) is 5.60. The predicted molar refractivity (Wildman–Crippen MR) is 108 cm³/mol. The van der Waals surface area contributed by atoms with E-state index < -0.39 is 11.4 Å². The second-order valence-corrected chi connectivity index (χ2v) is 8.61. The number of rotatable bonds is 2. The molecule has 150 valence electrons. The highest BCUT2D eigenvalue weighted by Gasteiger charge is 2.36. The van der Waals surface area contributed by atoms with Gasteiger partial charge < -0.3 is 9.67 Å². The number of fused-ring (bicyclic) bond motifs is 3. The number of aromatic carboxylic acids is 1. The van der Waals surface area contributed by atoms with Crippen LogP contribution in [0.2, 0.25) is 5.02 Å². The first kappa shape index (κ1) is 19.4. The maximum absolute atomic E-state index is 13.3. The molecular formula is C21H19ClFN3O3. The molecule has 0 aliphatic carbocycles. The van der Waals surface area contributed by atoms with Gasteiger partial charge in [0.1, 0.15) is 22.8 Å². The van der Waals surface area contributed by atoms with E-state index in [1.165, 1.54) is 24.4 Å². The third kappa shape index (κ3) is 3.15. The van der Waals surface area contributed by atoms with Crippen molar-refractivity contribution in [2.75, 3.05) is 0 Å². The maximum Gasteiger partial charge on any atom is 0.341 e. The Bertz CT molecular complexity index is 1190. The van der Waals surface area contributed by atoms with Gasteiger partial charge in [0.25, 0.3) is 0 Å². The molecule has 6 nitrogen and oxygen atoms in total. The molecule has 0 spiro atoms. The number of nitrogens with zero attached hydrogens (tertiary/aromatic N) is 3. The number of pyridine rings is 1. The fourth-order valence-electron chi connectivity index (χ4n) is 3.71. The Morgan fingerprint density at radius 2 is 1.93 bits per heavy atom. The van der Waals surface area contributed by atoms with Gasteiger partial charge in [0.15, 0.2) is 5.43 Å². The van der Waals surface area contributed by atoms with E-state index in [1.54, 1.807) is 16.8 Å². The second kappa shape index (κ2) is 6.56. The van der Waals surface area contributed by atoms with Crippen molar-refractivity contribution < 1.29 is 14.3 Å². The molecule has 4 rings (SSSR count). The van der Waals surface area contributed by atoms with E-state index in [1.807, 2.05) is 25.3 Å². The van der Waals surface area contributed by atoms with E-state index in [4.69, 9.17) is 11.6 Å². The Morgan fingerprint density at radius 1 is 1.28 bits per heavy atom. The lowest BCUT2D eigenvalue weighted by atomic mass is 9.85. The van der Waals surface area contributed by atoms with Gasteiger partial charge in [-0.25, -0.2) is 9.18 Å². The number of halogens is 2. The van der Waals surface area contributed by atoms with E-state index in [-0.39, 0.29) is 22.8 Å². The lowest BCUT2D eigenvalue weighted by Crippen LogP contribution is -2.35. The van der Waals surface area contributed by atoms with Gasteiger partial charge in [-0.2, -0.15) is 5.10 Å². The second-order valence-electron chi connectivity index (χ2n) is 8.23. The van der Waals surface area contributed by atoms with Crippen molar-refractivity contribution in [1.82, 2.24) is 14.3 Å². The molecule has 0 saturated carbocycles. The summed E-state index contributed by atoms with van der Waals surface area (Å²) in [5.41, 5.74) is 1.07. The summed E-state index contributed by atoms with van der Waals surface area (Å²) in [6, 6.07) is 7.00. The molecule has 0 bridgehead atoms. The molecule has 1 aromatic carbocycles. The number of benzene rings is 1. The minimum Gasteiger partial charge on any atom is -0.477 e. The van der Waals surface area contributed by atoms with Gasteiger partial charge in [0.05, 0.1) is 23.3 Å². The average Bonchev–Trinajstić information content (AvgIpc) is 2.97. The Hall–Kier alpha value is -2.93. The van der Waals surface area contributed by atoms with Crippen LogP contribution >= 0.6 is 11.6 Å². The molecule has 0 amide bonds. The third-order valence-electron chi connectivity index (χ3n) is 5.25. The van der Waals surface area contributed by atoms with Crippen LogP contribution in [0.15, 0.2) is 41.3 Å². The first-order chi connectivity index (χ1) is 13.6. The van der Waals surface area contributed by atoms with Crippen LogP contribution in [0.3, 0.4) is 0 Å². The molecule has 0 saturated heterocycles. The summed E-state index contributed by atoms with van der Waals surface area (Å²) in [5.74, 6) is -1.63. The van der Waals surface area contributed by atoms with Gasteiger partial charge in [-0.05, 0) is 29.7 Å². The first-order valence-corrected chi connectivity index (χ1v) is 9.48. The zero-order valence-electron chi connectivity index (χ0n) is 16.1. The summed E-state index contributed by atoms with van der Waals surface area (Å²) in [5, 5.41) is 14.4. The van der Waals surface area contributed by atoms with Crippen molar-refractivity contribution in [1.29, 1.82) is 0 Å². The molecule has 29 heavy (non-hydrogen) atoms. The minimum absolute atomic E-state index is 0.152. The number of carboxylic acid groups (broad SMARTS) is 1. The number of carboxylic acids is 1. The lowest BCUT2D eigenvalue weighted by molar-refractivity contribution is 0.0693. The van der Waals surface area contributed by atoms with Gasteiger partial charge in [-0.1, -0.05) is 32.4 Å². The van der Waals surface area contributed by atoms with Gasteiger partial charge in [-0.15, -0.1) is 0 Å². The Balaban J connectivity index is 1.99. The van der Waals surface area contributed by atoms with Gasteiger partial charge in [0, 0.05) is 17.8 Å². The summed E-state index contributed by atoms with van der Waals surface area (Å²) in [7, 11) is 0. The molecule has 1 aliphatic rings. The first-order valence-electron chi connectivity index (χ1n) is 9.10. The molecule has 0 unspecified atom stereocenters. The molecule has 1 atom stereocenters. The summed E-state index contributed by atoms with van der Waals surface area (Å²) in [6.45, 7) is 6.57. The highest BCUT2D eigenvalue weighted by molar-refractivity contribution is 6.35. The topological polar surface area (TPSA) is 77.1 Å². The quantitative estimate of drug-likeness (QED) is 0.669. The number of hydrogen-bond donors (Lipinski definition) is 1. The monoisotopic (exact) mass is 415 g/mol. The van der Waals surface area contributed by atoms with Gasteiger partial charge in [0.2, 0.25) is 0 Å². The molecule has 0 radical (unpaired) electrons. The van der Waals surface area contributed by atoms with E-state index in [0.717, 1.165) is 0 Å². The van der Waals surface area contributed by atoms with Crippen LogP contribution in [0.25, 0.3) is 22.6 Å². The van der Waals surface area contributed by atoms with Crippen molar-refractivity contribution >= 4 is 17.6 Å². The van der Waals surface area contributed by atoms with Gasteiger partial charge in [-0.3, -0.25) is 9.48 Å². The molecule has 3 aromatic rings. The van der Waals surface area contributed by atoms with Crippen LogP contribution in [-0.2, 0) is 6.54 Å². The van der Waals surface area contributed by atoms with Crippen molar-refractivity contribution in [3.63, 3.8) is 0 Å². The summed E-state index contributed by atoms with van der Waals surface area (Å²) < 4.78 is 16.9. The number of carbonyl (C=O) groups is 1. The fourth-order valence-corrected chi connectivity index (χ4v) is 4.05.